The second-order valence-electron chi connectivity index (χ2n) is 4.68. The minimum atomic E-state index is -0.431. The van der Waals surface area contributed by atoms with Crippen LogP contribution in [0.3, 0.4) is 0 Å². The minimum Gasteiger partial charge on any atom is -0.484 e. The molecular formula is C16H11Cl2N3O3. The summed E-state index contributed by atoms with van der Waals surface area (Å²) in [7, 11) is 0. The Labute approximate surface area is 147 Å². The molecule has 6 nitrogen and oxygen atoms in total. The summed E-state index contributed by atoms with van der Waals surface area (Å²) in [6.45, 7) is -0.203. The van der Waals surface area contributed by atoms with E-state index in [4.69, 9.17) is 32.4 Å². The van der Waals surface area contributed by atoms with Crippen LogP contribution in [0.15, 0.2) is 52.9 Å². The molecular weight excluding hydrogens is 353 g/mol. The van der Waals surface area contributed by atoms with Crippen LogP contribution in [0, 0.1) is 0 Å². The van der Waals surface area contributed by atoms with Gasteiger partial charge in [0.1, 0.15) is 5.75 Å². The van der Waals surface area contributed by atoms with Crippen molar-refractivity contribution in [3.8, 4) is 17.2 Å². The van der Waals surface area contributed by atoms with E-state index in [0.29, 0.717) is 21.4 Å². The molecule has 0 bridgehead atoms. The highest BCUT2D eigenvalue weighted by Gasteiger charge is 2.13. The lowest BCUT2D eigenvalue weighted by molar-refractivity contribution is -0.118. The van der Waals surface area contributed by atoms with E-state index < -0.39 is 5.91 Å². The van der Waals surface area contributed by atoms with Gasteiger partial charge in [0, 0.05) is 5.02 Å². The molecule has 8 heteroatoms. The molecule has 3 rings (SSSR count). The molecule has 0 saturated heterocycles. The van der Waals surface area contributed by atoms with E-state index in [0.717, 1.165) is 0 Å². The van der Waals surface area contributed by atoms with Crippen molar-refractivity contribution in [2.75, 3.05) is 11.9 Å². The van der Waals surface area contributed by atoms with Gasteiger partial charge in [-0.15, -0.1) is 5.10 Å². The molecule has 0 aliphatic rings. The van der Waals surface area contributed by atoms with Crippen molar-refractivity contribution in [3.63, 3.8) is 0 Å². The Bertz CT molecular complexity index is 850. The monoisotopic (exact) mass is 363 g/mol. The molecule has 0 radical (unpaired) electrons. The fraction of sp³-hybridized carbons (Fsp3) is 0.0625. The summed E-state index contributed by atoms with van der Waals surface area (Å²) in [4.78, 5) is 11.8. The van der Waals surface area contributed by atoms with Gasteiger partial charge in [0.25, 0.3) is 11.8 Å². The molecule has 0 spiro atoms. The van der Waals surface area contributed by atoms with E-state index in [1.807, 2.05) is 0 Å². The number of hydrogen-bond acceptors (Lipinski definition) is 5. The second-order valence-corrected chi connectivity index (χ2v) is 5.53. The molecule has 0 aliphatic carbocycles. The average molecular weight is 364 g/mol. The Morgan fingerprint density at radius 1 is 1.08 bits per heavy atom. The Balaban J connectivity index is 1.59. The lowest BCUT2D eigenvalue weighted by Crippen LogP contribution is -2.20. The van der Waals surface area contributed by atoms with Gasteiger partial charge in [0.05, 0.1) is 10.6 Å². The number of carbonyl (C=O) groups is 1. The molecule has 24 heavy (non-hydrogen) atoms. The molecule has 1 heterocycles. The fourth-order valence-corrected chi connectivity index (χ4v) is 2.19. The number of hydrogen-bond donors (Lipinski definition) is 1. The van der Waals surface area contributed by atoms with Gasteiger partial charge in [-0.1, -0.05) is 40.4 Å². The normalized spacial score (nSPS) is 10.4. The second kappa shape index (κ2) is 7.33. The third-order valence-corrected chi connectivity index (χ3v) is 3.54. The third-order valence-electron chi connectivity index (χ3n) is 2.96. The highest BCUT2D eigenvalue weighted by Crippen LogP contribution is 2.27. The maximum absolute atomic E-state index is 11.8. The van der Waals surface area contributed by atoms with Crippen LogP contribution in [-0.2, 0) is 4.79 Å². The van der Waals surface area contributed by atoms with Crippen LogP contribution >= 0.6 is 23.2 Å². The topological polar surface area (TPSA) is 77.2 Å². The van der Waals surface area contributed by atoms with E-state index in [1.165, 1.54) is 0 Å². The molecule has 0 aliphatic heterocycles. The number of aromatic nitrogens is 2. The largest absolute Gasteiger partial charge is 0.484 e. The highest BCUT2D eigenvalue weighted by molar-refractivity contribution is 6.33. The standard InChI is InChI=1S/C16H11Cl2N3O3/c17-10-5-7-11(8-6-10)23-9-14(22)19-16-21-20-15(24-16)12-3-1-2-4-13(12)18/h1-8H,9H2,(H,19,21,22). The van der Waals surface area contributed by atoms with Crippen LogP contribution in [0.5, 0.6) is 5.75 Å². The van der Waals surface area contributed by atoms with Gasteiger partial charge in [0.2, 0.25) is 0 Å². The quantitative estimate of drug-likeness (QED) is 0.739. The van der Waals surface area contributed by atoms with E-state index in [-0.39, 0.29) is 18.5 Å². The number of ether oxygens (including phenoxy) is 1. The number of benzene rings is 2. The molecule has 0 saturated carbocycles. The van der Waals surface area contributed by atoms with Gasteiger partial charge in [-0.2, -0.15) is 0 Å². The van der Waals surface area contributed by atoms with Crippen molar-refractivity contribution >= 4 is 35.1 Å². The van der Waals surface area contributed by atoms with Crippen molar-refractivity contribution in [1.82, 2.24) is 10.2 Å². The molecule has 122 valence electrons. The number of nitrogens with one attached hydrogen (secondary N) is 1. The summed E-state index contributed by atoms with van der Waals surface area (Å²) in [5.74, 6) is 0.311. The maximum Gasteiger partial charge on any atom is 0.322 e. The smallest absolute Gasteiger partial charge is 0.322 e. The summed E-state index contributed by atoms with van der Waals surface area (Å²) < 4.78 is 10.7. The molecule has 0 atom stereocenters. The molecule has 3 aromatic rings. The van der Waals surface area contributed by atoms with Crippen LogP contribution in [0.1, 0.15) is 0 Å². The van der Waals surface area contributed by atoms with E-state index in [1.54, 1.807) is 48.5 Å². The van der Waals surface area contributed by atoms with Crippen molar-refractivity contribution in [3.05, 3.63) is 58.6 Å². The zero-order valence-corrected chi connectivity index (χ0v) is 13.7. The Kier molecular flexibility index (Phi) is 4.98. The molecule has 1 aromatic heterocycles. The summed E-state index contributed by atoms with van der Waals surface area (Å²) in [5.41, 5.74) is 0.588. The maximum atomic E-state index is 11.8. The Morgan fingerprint density at radius 3 is 2.58 bits per heavy atom. The van der Waals surface area contributed by atoms with Crippen LogP contribution in [0.4, 0.5) is 6.01 Å². The molecule has 0 fully saturated rings. The average Bonchev–Trinajstić information content (AvgIpc) is 3.03. The first-order valence-corrected chi connectivity index (χ1v) is 7.64. The molecule has 1 amide bonds. The number of anilines is 1. The van der Waals surface area contributed by atoms with E-state index in [2.05, 4.69) is 15.5 Å². The SMILES string of the molecule is O=C(COc1ccc(Cl)cc1)Nc1nnc(-c2ccccc2Cl)o1. The Hall–Kier alpha value is -2.57. The molecule has 2 aromatic carbocycles. The Morgan fingerprint density at radius 2 is 1.83 bits per heavy atom. The third kappa shape index (κ3) is 4.04. The van der Waals surface area contributed by atoms with E-state index >= 15 is 0 Å². The van der Waals surface area contributed by atoms with Crippen molar-refractivity contribution < 1.29 is 13.9 Å². The fourth-order valence-electron chi connectivity index (χ4n) is 1.85. The minimum absolute atomic E-state index is 0.0328. The summed E-state index contributed by atoms with van der Waals surface area (Å²) in [6.07, 6.45) is 0. The van der Waals surface area contributed by atoms with Gasteiger partial charge in [-0.25, -0.2) is 0 Å². The zero-order valence-electron chi connectivity index (χ0n) is 12.2. The van der Waals surface area contributed by atoms with Crippen LogP contribution in [0.25, 0.3) is 11.5 Å². The first-order chi connectivity index (χ1) is 11.6. The number of amides is 1. The summed E-state index contributed by atoms with van der Waals surface area (Å²) >= 11 is 11.8. The van der Waals surface area contributed by atoms with Gasteiger partial charge < -0.3 is 9.15 Å². The number of rotatable bonds is 5. The first kappa shape index (κ1) is 16.3. The summed E-state index contributed by atoms with van der Waals surface area (Å²) in [5, 5.41) is 11.1. The number of halogens is 2. The lowest BCUT2D eigenvalue weighted by Gasteiger charge is -2.05. The van der Waals surface area contributed by atoms with Crippen molar-refractivity contribution in [2.45, 2.75) is 0 Å². The van der Waals surface area contributed by atoms with Crippen LogP contribution in [0.2, 0.25) is 10.0 Å². The van der Waals surface area contributed by atoms with Gasteiger partial charge in [0.15, 0.2) is 6.61 Å². The molecule has 0 unspecified atom stereocenters. The lowest BCUT2D eigenvalue weighted by atomic mass is 10.2. The molecule has 1 N–H and O–H groups in total. The van der Waals surface area contributed by atoms with Crippen LogP contribution < -0.4 is 10.1 Å². The summed E-state index contributed by atoms with van der Waals surface area (Å²) in [6, 6.07) is 13.7. The van der Waals surface area contributed by atoms with Gasteiger partial charge >= 0.3 is 6.01 Å². The van der Waals surface area contributed by atoms with Gasteiger partial charge in [-0.3, -0.25) is 10.1 Å². The number of carbonyl (C=O) groups excluding carboxylic acids is 1. The van der Waals surface area contributed by atoms with Gasteiger partial charge in [-0.05, 0) is 36.4 Å². The predicted octanol–water partition coefficient (Wildman–Crippen LogP) is 4.06. The van der Waals surface area contributed by atoms with Crippen molar-refractivity contribution in [1.29, 1.82) is 0 Å². The highest BCUT2D eigenvalue weighted by atomic mass is 35.5. The zero-order chi connectivity index (χ0) is 16.9. The number of nitrogens with zero attached hydrogens (tertiary/aromatic N) is 2. The van der Waals surface area contributed by atoms with Crippen molar-refractivity contribution in [2.24, 2.45) is 0 Å². The predicted molar refractivity (Wildman–Crippen MR) is 90.3 cm³/mol. The first-order valence-electron chi connectivity index (χ1n) is 6.88. The van der Waals surface area contributed by atoms with Crippen LogP contribution in [-0.4, -0.2) is 22.7 Å². The van der Waals surface area contributed by atoms with E-state index in [9.17, 15) is 4.79 Å².